The van der Waals surface area contributed by atoms with Gasteiger partial charge in [0.25, 0.3) is 0 Å². The van der Waals surface area contributed by atoms with Crippen molar-refractivity contribution in [3.05, 3.63) is 71.3 Å². The molecule has 1 nitrogen and oxygen atoms in total. The summed E-state index contributed by atoms with van der Waals surface area (Å²) in [5, 5.41) is 0. The van der Waals surface area contributed by atoms with Gasteiger partial charge in [-0.3, -0.25) is 0 Å². The monoisotopic (exact) mass is 183 g/mol. The summed E-state index contributed by atoms with van der Waals surface area (Å²) in [6.07, 6.45) is 8.79. The maximum atomic E-state index is 2.26. The minimum Gasteiger partial charge on any atom is -0.344 e. The van der Waals surface area contributed by atoms with Crippen LogP contribution in [-0.4, -0.2) is 0 Å². The number of benzene rings is 1. The molecule has 1 atom stereocenters. The lowest BCUT2D eigenvalue weighted by Crippen LogP contribution is -2.14. The Kier molecular flexibility index (Phi) is 2.10. The zero-order chi connectivity index (χ0) is 8.67. The average molecular weight is 183 g/mol. The lowest BCUT2D eigenvalue weighted by Gasteiger charge is -2.31. The van der Waals surface area contributed by atoms with Crippen molar-refractivity contribution in [3.63, 3.8) is 0 Å². The fourth-order valence-corrected chi connectivity index (χ4v) is 2.04. The van der Waals surface area contributed by atoms with Gasteiger partial charge in [0.15, 0.2) is 0 Å². The maximum absolute atomic E-state index is 2.26. The van der Waals surface area contributed by atoms with E-state index in [2.05, 4.69) is 54.6 Å². The lowest BCUT2D eigenvalue weighted by molar-refractivity contribution is 0.900. The van der Waals surface area contributed by atoms with Crippen LogP contribution in [0.4, 0.5) is 0 Å². The van der Waals surface area contributed by atoms with E-state index < -0.39 is 0 Å². The Balaban J connectivity index is 0.000000750. The number of allylic oxidation sites excluding steroid dienone is 6. The van der Waals surface area contributed by atoms with E-state index in [-0.39, 0.29) is 6.15 Å². The largest absolute Gasteiger partial charge is 0.344 e. The van der Waals surface area contributed by atoms with Gasteiger partial charge >= 0.3 is 0 Å². The summed E-state index contributed by atoms with van der Waals surface area (Å²) < 4.78 is 0. The normalized spacial score (nSPS) is 21.6. The van der Waals surface area contributed by atoms with Crippen LogP contribution in [0.3, 0.4) is 0 Å². The second-order valence-corrected chi connectivity index (χ2v) is 3.51. The Morgan fingerprint density at radius 1 is 0.929 bits per heavy atom. The zero-order valence-electron chi connectivity index (χ0n) is 7.98. The van der Waals surface area contributed by atoms with Crippen LogP contribution in [0.25, 0.3) is 0 Å². The molecular formula is C13H13N. The van der Waals surface area contributed by atoms with Crippen LogP contribution < -0.4 is 6.15 Å². The molecule has 1 heteroatoms. The zero-order valence-corrected chi connectivity index (χ0v) is 7.98. The first-order chi connectivity index (χ1) is 6.45. The fourth-order valence-electron chi connectivity index (χ4n) is 2.04. The Labute approximate surface area is 84.0 Å². The van der Waals surface area contributed by atoms with Crippen molar-refractivity contribution in [1.82, 2.24) is 6.15 Å². The van der Waals surface area contributed by atoms with E-state index in [1.807, 2.05) is 0 Å². The van der Waals surface area contributed by atoms with Crippen LogP contribution in [0.5, 0.6) is 0 Å². The summed E-state index contributed by atoms with van der Waals surface area (Å²) in [5.41, 5.74) is 4.31. The number of hydrogen-bond donors (Lipinski definition) is 1. The van der Waals surface area contributed by atoms with Crippen molar-refractivity contribution < 1.29 is 0 Å². The minimum absolute atomic E-state index is 0. The first-order valence-corrected chi connectivity index (χ1v) is 4.60. The third kappa shape index (κ3) is 1.14. The molecular weight excluding hydrogens is 170 g/mol. The molecule has 0 saturated heterocycles. The van der Waals surface area contributed by atoms with Crippen LogP contribution in [0.2, 0.25) is 0 Å². The molecule has 0 fully saturated rings. The summed E-state index contributed by atoms with van der Waals surface area (Å²) in [6, 6.07) is 10.7. The van der Waals surface area contributed by atoms with Crippen molar-refractivity contribution in [3.8, 4) is 0 Å². The summed E-state index contributed by atoms with van der Waals surface area (Å²) in [4.78, 5) is 0. The highest BCUT2D eigenvalue weighted by Gasteiger charge is 2.27. The molecule has 1 aromatic carbocycles. The van der Waals surface area contributed by atoms with Gasteiger partial charge in [-0.05, 0) is 16.7 Å². The van der Waals surface area contributed by atoms with E-state index in [1.165, 1.54) is 16.7 Å². The second-order valence-electron chi connectivity index (χ2n) is 3.51. The van der Waals surface area contributed by atoms with Gasteiger partial charge in [0.2, 0.25) is 0 Å². The molecule has 2 aliphatic rings. The van der Waals surface area contributed by atoms with Crippen molar-refractivity contribution in [2.24, 2.45) is 0 Å². The highest BCUT2D eigenvalue weighted by Crippen LogP contribution is 2.44. The van der Waals surface area contributed by atoms with Crippen LogP contribution in [0.1, 0.15) is 11.5 Å². The molecule has 0 radical (unpaired) electrons. The lowest BCUT2D eigenvalue weighted by atomic mass is 9.72. The van der Waals surface area contributed by atoms with Crippen LogP contribution in [0.15, 0.2) is 65.8 Å². The topological polar surface area (TPSA) is 35.0 Å². The van der Waals surface area contributed by atoms with Crippen LogP contribution in [0, 0.1) is 0 Å². The molecule has 3 N–H and O–H groups in total. The predicted octanol–water partition coefficient (Wildman–Crippen LogP) is 3.37. The van der Waals surface area contributed by atoms with E-state index in [4.69, 9.17) is 0 Å². The number of rotatable bonds is 1. The highest BCUT2D eigenvalue weighted by atomic mass is 14.3. The predicted molar refractivity (Wildman–Crippen MR) is 59.5 cm³/mol. The Morgan fingerprint density at radius 3 is 2.29 bits per heavy atom. The third-order valence-corrected chi connectivity index (χ3v) is 2.71. The standard InChI is InChI=1S/C13H10.H3N/c1-2-5-10(6-3-1)13-11-7-4-8-12(13)9-11;/h1-9,13H;1H3. The quantitative estimate of drug-likeness (QED) is 0.711. The van der Waals surface area contributed by atoms with Gasteiger partial charge in [0, 0.05) is 5.92 Å². The Bertz CT molecular complexity index is 412. The first kappa shape index (κ1) is 8.97. The van der Waals surface area contributed by atoms with Crippen molar-refractivity contribution >= 4 is 0 Å². The summed E-state index contributed by atoms with van der Waals surface area (Å²) in [5.74, 6) is 0.561. The van der Waals surface area contributed by atoms with Crippen molar-refractivity contribution in [2.45, 2.75) is 5.92 Å². The van der Waals surface area contributed by atoms with E-state index in [1.54, 1.807) is 0 Å². The van der Waals surface area contributed by atoms with Crippen LogP contribution >= 0.6 is 0 Å². The molecule has 70 valence electrons. The molecule has 0 saturated carbocycles. The van der Waals surface area contributed by atoms with Gasteiger partial charge in [0.1, 0.15) is 0 Å². The first-order valence-electron chi connectivity index (χ1n) is 4.60. The van der Waals surface area contributed by atoms with Gasteiger partial charge < -0.3 is 6.15 Å². The van der Waals surface area contributed by atoms with E-state index in [9.17, 15) is 0 Å². The Hall–Kier alpha value is -1.60. The van der Waals surface area contributed by atoms with Gasteiger partial charge in [-0.15, -0.1) is 0 Å². The fraction of sp³-hybridized carbons (Fsp3) is 0.0769. The van der Waals surface area contributed by atoms with Gasteiger partial charge in [-0.2, -0.15) is 0 Å². The molecule has 0 amide bonds. The minimum atomic E-state index is 0. The van der Waals surface area contributed by atoms with Gasteiger partial charge in [-0.25, -0.2) is 0 Å². The average Bonchev–Trinajstić information content (AvgIpc) is 2.20. The summed E-state index contributed by atoms with van der Waals surface area (Å²) >= 11 is 0. The molecule has 14 heavy (non-hydrogen) atoms. The number of fused-ring (bicyclic) bond motifs is 2. The summed E-state index contributed by atoms with van der Waals surface area (Å²) in [7, 11) is 0. The molecule has 2 bridgehead atoms. The third-order valence-electron chi connectivity index (χ3n) is 2.71. The van der Waals surface area contributed by atoms with Crippen molar-refractivity contribution in [1.29, 1.82) is 0 Å². The van der Waals surface area contributed by atoms with E-state index in [0.29, 0.717) is 5.92 Å². The van der Waals surface area contributed by atoms with Gasteiger partial charge in [0.05, 0.1) is 0 Å². The second kappa shape index (κ2) is 3.28. The molecule has 1 unspecified atom stereocenters. The van der Waals surface area contributed by atoms with Gasteiger partial charge in [-0.1, -0.05) is 54.6 Å². The maximum Gasteiger partial charge on any atom is 0.0340 e. The SMILES string of the molecule is N.c1ccc(C2c3cccc2c3)cc1. The molecule has 0 spiro atoms. The molecule has 0 aromatic heterocycles. The van der Waals surface area contributed by atoms with E-state index in [0.717, 1.165) is 0 Å². The molecule has 0 heterocycles. The smallest absolute Gasteiger partial charge is 0.0340 e. The molecule has 3 rings (SSSR count). The number of hydrogen-bond acceptors (Lipinski definition) is 1. The van der Waals surface area contributed by atoms with E-state index >= 15 is 0 Å². The molecule has 0 aliphatic heterocycles. The Morgan fingerprint density at radius 2 is 1.71 bits per heavy atom. The van der Waals surface area contributed by atoms with Crippen LogP contribution in [-0.2, 0) is 0 Å². The van der Waals surface area contributed by atoms with Crippen molar-refractivity contribution in [2.75, 3.05) is 0 Å². The molecule has 1 aromatic rings. The highest BCUT2D eigenvalue weighted by molar-refractivity contribution is 5.61. The summed E-state index contributed by atoms with van der Waals surface area (Å²) in [6.45, 7) is 0. The molecule has 2 aliphatic carbocycles.